The van der Waals surface area contributed by atoms with Crippen molar-refractivity contribution >= 4 is 33.5 Å². The Bertz CT molecular complexity index is 1640. The van der Waals surface area contributed by atoms with E-state index in [-0.39, 0.29) is 30.6 Å². The fourth-order valence-corrected chi connectivity index (χ4v) is 7.52. The highest BCUT2D eigenvalue weighted by atomic mass is 19.1. The molecular weight excluding hydrogens is 507 g/mol. The van der Waals surface area contributed by atoms with Crippen LogP contribution in [0.15, 0.2) is 36.4 Å². The van der Waals surface area contributed by atoms with E-state index in [0.717, 1.165) is 48.2 Å². The third kappa shape index (κ3) is 3.63. The van der Waals surface area contributed by atoms with E-state index in [1.54, 1.807) is 6.07 Å². The number of hydrogen-bond acceptors (Lipinski definition) is 5. The van der Waals surface area contributed by atoms with Crippen molar-refractivity contribution in [2.45, 2.75) is 51.2 Å². The summed E-state index contributed by atoms with van der Waals surface area (Å²) in [6.07, 6.45) is 2.68. The topological polar surface area (TPSA) is 92.6 Å². The number of rotatable bonds is 6. The molecule has 1 aliphatic carbocycles. The first-order valence-corrected chi connectivity index (χ1v) is 14.5. The second kappa shape index (κ2) is 9.31. The average molecular weight is 545 g/mol. The molecule has 4 aromatic rings. The zero-order chi connectivity index (χ0) is 27.9. The minimum absolute atomic E-state index is 0.0119. The average Bonchev–Trinajstić information content (AvgIpc) is 3.68. The van der Waals surface area contributed by atoms with Gasteiger partial charge in [-0.3, -0.25) is 4.79 Å². The number of likely N-dealkylation sites (tertiary alicyclic amines) is 1. The summed E-state index contributed by atoms with van der Waals surface area (Å²) in [5.41, 5.74) is 10.8. The smallest absolute Gasteiger partial charge is 0.254 e. The Kier molecular flexibility index (Phi) is 5.94. The number of aryl methyl sites for hydroxylation is 1. The number of fused-ring (bicyclic) bond motifs is 3. The summed E-state index contributed by atoms with van der Waals surface area (Å²) in [6.45, 7) is 6.86. The Balaban J connectivity index is 1.35. The van der Waals surface area contributed by atoms with E-state index in [1.165, 1.54) is 6.07 Å². The third-order valence-corrected chi connectivity index (χ3v) is 9.59. The standard InChI is InChI=1S/C31H37FN6O2/c1-17(2)26-16-36(10-5-11-39)24-7-4-6-18-14-25(38(26)28(18)24)30-34-22-13-20(12-21(32)29(22)35(30)3)31(40)37-15-19-8-9-23(37)27(19)33/h4,6-7,12-14,17,19,23,26-27,39H,5,8-11,15-16,33H2,1-3H3/t19-,23-,26?,27-/m1/s1. The molecule has 1 unspecified atom stereocenters. The molecule has 0 spiro atoms. The second-order valence-electron chi connectivity index (χ2n) is 12.2. The van der Waals surface area contributed by atoms with Crippen molar-refractivity contribution in [1.29, 1.82) is 0 Å². The van der Waals surface area contributed by atoms with Gasteiger partial charge in [-0.15, -0.1) is 0 Å². The van der Waals surface area contributed by atoms with Gasteiger partial charge in [-0.2, -0.15) is 0 Å². The van der Waals surface area contributed by atoms with Crippen LogP contribution >= 0.6 is 0 Å². The number of aromatic nitrogens is 3. The number of carbonyl (C=O) groups excluding carboxylic acids is 1. The molecule has 4 heterocycles. The van der Waals surface area contributed by atoms with Crippen molar-refractivity contribution in [2.24, 2.45) is 24.6 Å². The third-order valence-electron chi connectivity index (χ3n) is 9.59. The van der Waals surface area contributed by atoms with Gasteiger partial charge >= 0.3 is 0 Å². The van der Waals surface area contributed by atoms with Crippen LogP contribution in [0.2, 0.25) is 0 Å². The highest BCUT2D eigenvalue weighted by molar-refractivity contribution is 6.00. The van der Waals surface area contributed by atoms with Gasteiger partial charge in [0.1, 0.15) is 11.3 Å². The molecule has 3 aliphatic rings. The van der Waals surface area contributed by atoms with Crippen molar-refractivity contribution in [2.75, 3.05) is 31.1 Å². The predicted molar refractivity (Wildman–Crippen MR) is 155 cm³/mol. The molecule has 9 heteroatoms. The Hall–Kier alpha value is -3.43. The van der Waals surface area contributed by atoms with Gasteiger partial charge in [-0.25, -0.2) is 9.37 Å². The van der Waals surface area contributed by atoms with Crippen molar-refractivity contribution in [3.05, 3.63) is 47.8 Å². The lowest BCUT2D eigenvalue weighted by molar-refractivity contribution is 0.0700. The van der Waals surface area contributed by atoms with Crippen LogP contribution < -0.4 is 10.6 Å². The molecule has 3 N–H and O–H groups in total. The monoisotopic (exact) mass is 544 g/mol. The summed E-state index contributed by atoms with van der Waals surface area (Å²) in [6, 6.07) is 11.8. The molecule has 2 bridgehead atoms. The van der Waals surface area contributed by atoms with Gasteiger partial charge in [0.2, 0.25) is 0 Å². The van der Waals surface area contributed by atoms with Gasteiger partial charge in [0.25, 0.3) is 5.91 Å². The van der Waals surface area contributed by atoms with Crippen LogP contribution in [0.1, 0.15) is 49.5 Å². The zero-order valence-corrected chi connectivity index (χ0v) is 23.3. The van der Waals surface area contributed by atoms with E-state index < -0.39 is 5.82 Å². The quantitative estimate of drug-likeness (QED) is 0.378. The molecule has 2 fully saturated rings. The van der Waals surface area contributed by atoms with Crippen molar-refractivity contribution in [3.8, 4) is 11.5 Å². The molecule has 2 aromatic heterocycles. The van der Waals surface area contributed by atoms with Crippen LogP contribution in [0.5, 0.6) is 0 Å². The largest absolute Gasteiger partial charge is 0.396 e. The maximum atomic E-state index is 15.7. The molecule has 1 saturated carbocycles. The fourth-order valence-electron chi connectivity index (χ4n) is 7.52. The summed E-state index contributed by atoms with van der Waals surface area (Å²) in [4.78, 5) is 22.6. The second-order valence-corrected chi connectivity index (χ2v) is 12.2. The summed E-state index contributed by atoms with van der Waals surface area (Å²) in [7, 11) is 1.85. The van der Waals surface area contributed by atoms with Crippen LogP contribution in [0.3, 0.4) is 0 Å². The maximum absolute atomic E-state index is 15.7. The van der Waals surface area contributed by atoms with Gasteiger partial charge in [-0.1, -0.05) is 26.0 Å². The van der Waals surface area contributed by atoms with Gasteiger partial charge in [-0.05, 0) is 55.4 Å². The molecule has 2 aromatic carbocycles. The number of benzene rings is 2. The minimum atomic E-state index is -0.443. The lowest BCUT2D eigenvalue weighted by Crippen LogP contribution is -2.41. The number of nitrogens with zero attached hydrogens (tertiary/aromatic N) is 5. The SMILES string of the molecule is CC(C)C1CN(CCCO)c2cccc3cc(-c4nc5cc(C(=O)N6C[C@H]7CC[C@@H]6[C@@H]7N)cc(F)c5n4C)n1c23. The number of anilines is 1. The first kappa shape index (κ1) is 25.5. The number of nitrogens with two attached hydrogens (primary N) is 1. The molecular formula is C31H37FN6O2. The fraction of sp³-hybridized carbons (Fsp3) is 0.484. The van der Waals surface area contributed by atoms with E-state index in [9.17, 15) is 9.90 Å². The Labute approximate surface area is 233 Å². The van der Waals surface area contributed by atoms with Gasteiger partial charge in [0.15, 0.2) is 5.82 Å². The summed E-state index contributed by atoms with van der Waals surface area (Å²) in [5.74, 6) is 0.755. The van der Waals surface area contributed by atoms with E-state index in [4.69, 9.17) is 10.7 Å². The number of imidazole rings is 1. The number of aliphatic hydroxyl groups excluding tert-OH is 1. The minimum Gasteiger partial charge on any atom is -0.396 e. The van der Waals surface area contributed by atoms with Crippen molar-refractivity contribution < 1.29 is 14.3 Å². The molecule has 1 amide bonds. The van der Waals surface area contributed by atoms with E-state index in [0.29, 0.717) is 47.2 Å². The van der Waals surface area contributed by atoms with Gasteiger partial charge < -0.3 is 29.8 Å². The summed E-state index contributed by atoms with van der Waals surface area (Å²) >= 11 is 0. The molecule has 8 nitrogen and oxygen atoms in total. The number of halogens is 1. The highest BCUT2D eigenvalue weighted by Crippen LogP contribution is 2.43. The molecule has 2 aliphatic heterocycles. The molecule has 210 valence electrons. The maximum Gasteiger partial charge on any atom is 0.254 e. The molecule has 40 heavy (non-hydrogen) atoms. The summed E-state index contributed by atoms with van der Waals surface area (Å²) in [5, 5.41) is 10.6. The Morgan fingerprint density at radius 3 is 2.70 bits per heavy atom. The van der Waals surface area contributed by atoms with E-state index in [1.807, 2.05) is 16.5 Å². The first-order valence-electron chi connectivity index (χ1n) is 14.5. The van der Waals surface area contributed by atoms with Crippen molar-refractivity contribution in [3.63, 3.8) is 0 Å². The van der Waals surface area contributed by atoms with Crippen molar-refractivity contribution in [1.82, 2.24) is 19.0 Å². The number of hydrogen-bond donors (Lipinski definition) is 2. The number of para-hydroxylation sites is 1. The molecule has 1 saturated heterocycles. The molecule has 0 radical (unpaired) electrons. The number of aliphatic hydroxyl groups is 1. The first-order chi connectivity index (χ1) is 19.3. The number of carbonyl (C=O) groups is 1. The molecule has 4 atom stereocenters. The van der Waals surface area contributed by atoms with Crippen LogP contribution in [0, 0.1) is 17.7 Å². The van der Waals surface area contributed by atoms with Crippen LogP contribution in [-0.2, 0) is 7.05 Å². The number of piperidine rings is 1. The van der Waals surface area contributed by atoms with E-state index in [2.05, 4.69) is 47.6 Å². The summed E-state index contributed by atoms with van der Waals surface area (Å²) < 4.78 is 19.9. The van der Waals surface area contributed by atoms with Crippen LogP contribution in [-0.4, -0.2) is 68.4 Å². The predicted octanol–water partition coefficient (Wildman–Crippen LogP) is 4.30. The van der Waals surface area contributed by atoms with Crippen LogP contribution in [0.25, 0.3) is 33.5 Å². The molecule has 7 rings (SSSR count). The lowest BCUT2D eigenvalue weighted by Gasteiger charge is -2.39. The zero-order valence-electron chi connectivity index (χ0n) is 23.3. The Morgan fingerprint density at radius 2 is 2.00 bits per heavy atom. The van der Waals surface area contributed by atoms with Gasteiger partial charge in [0.05, 0.1) is 28.5 Å². The van der Waals surface area contributed by atoms with Gasteiger partial charge in [0, 0.05) is 56.3 Å². The highest BCUT2D eigenvalue weighted by Gasteiger charge is 2.47. The van der Waals surface area contributed by atoms with Crippen LogP contribution in [0.4, 0.5) is 10.1 Å². The van der Waals surface area contributed by atoms with E-state index >= 15 is 4.39 Å². The lowest BCUT2D eigenvalue weighted by atomic mass is 9.99. The number of amides is 1. The Morgan fingerprint density at radius 1 is 1.18 bits per heavy atom. The normalized spacial score (nSPS) is 23.9.